The highest BCUT2D eigenvalue weighted by Gasteiger charge is 2.23. The molecule has 0 aromatic heterocycles. The summed E-state index contributed by atoms with van der Waals surface area (Å²) in [5.41, 5.74) is -0.652. The number of alkyl halides is 1. The molecule has 0 heterocycles. The molecule has 2 nitrogen and oxygen atoms in total. The number of amides is 1. The number of hydrogen-bond acceptors (Lipinski definition) is 1. The number of benzene rings is 1. The standard InChI is InChI=1S/C16H21ClFNO/c1-16(2,18)11-8-9-14(17)13(10-11)15(20)19-12-6-4-3-5-7-12/h8-10,12H,3-7H2,1-2H3,(H,19,20). The summed E-state index contributed by atoms with van der Waals surface area (Å²) in [5, 5.41) is 3.38. The molecule has 1 saturated carbocycles. The Morgan fingerprint density at radius 3 is 2.55 bits per heavy atom. The van der Waals surface area contributed by atoms with Crippen LogP contribution in [0.3, 0.4) is 0 Å². The van der Waals surface area contributed by atoms with Gasteiger partial charge < -0.3 is 5.32 Å². The Morgan fingerprint density at radius 2 is 1.95 bits per heavy atom. The largest absolute Gasteiger partial charge is 0.349 e. The van der Waals surface area contributed by atoms with Crippen LogP contribution in [0.2, 0.25) is 5.02 Å². The maximum atomic E-state index is 14.0. The lowest BCUT2D eigenvalue weighted by Gasteiger charge is -2.23. The summed E-state index contributed by atoms with van der Waals surface area (Å²) >= 11 is 6.08. The van der Waals surface area contributed by atoms with Gasteiger partial charge in [-0.25, -0.2) is 4.39 Å². The Balaban J connectivity index is 2.16. The second kappa shape index (κ2) is 6.13. The molecule has 4 heteroatoms. The molecule has 0 unspecified atom stereocenters. The number of nitrogens with one attached hydrogen (secondary N) is 1. The molecule has 1 amide bonds. The van der Waals surface area contributed by atoms with Gasteiger partial charge in [-0.05, 0) is 44.4 Å². The molecule has 1 aliphatic rings. The van der Waals surface area contributed by atoms with Crippen LogP contribution in [-0.2, 0) is 5.67 Å². The molecule has 20 heavy (non-hydrogen) atoms. The molecule has 1 aliphatic carbocycles. The molecular formula is C16H21ClFNO. The number of rotatable bonds is 3. The minimum absolute atomic E-state index is 0.201. The Kier molecular flexibility index (Phi) is 4.69. The minimum atomic E-state index is -1.48. The highest BCUT2D eigenvalue weighted by Crippen LogP contribution is 2.28. The van der Waals surface area contributed by atoms with E-state index in [1.807, 2.05) is 0 Å². The van der Waals surface area contributed by atoms with E-state index in [9.17, 15) is 9.18 Å². The zero-order chi connectivity index (χ0) is 14.8. The van der Waals surface area contributed by atoms with Gasteiger partial charge in [0.15, 0.2) is 0 Å². The molecule has 0 spiro atoms. The van der Waals surface area contributed by atoms with Crippen LogP contribution in [-0.4, -0.2) is 11.9 Å². The quantitative estimate of drug-likeness (QED) is 0.867. The second-order valence-corrected chi connectivity index (χ2v) is 6.38. The fraction of sp³-hybridized carbons (Fsp3) is 0.562. The van der Waals surface area contributed by atoms with E-state index in [0.29, 0.717) is 16.1 Å². The minimum Gasteiger partial charge on any atom is -0.349 e. The van der Waals surface area contributed by atoms with E-state index >= 15 is 0 Å². The van der Waals surface area contributed by atoms with Crippen molar-refractivity contribution in [2.24, 2.45) is 0 Å². The molecule has 1 aromatic rings. The summed E-state index contributed by atoms with van der Waals surface area (Å²) in [6.45, 7) is 2.94. The van der Waals surface area contributed by atoms with Gasteiger partial charge in [-0.1, -0.05) is 36.9 Å². The Labute approximate surface area is 124 Å². The van der Waals surface area contributed by atoms with E-state index in [1.54, 1.807) is 18.2 Å². The maximum absolute atomic E-state index is 14.0. The third-order valence-electron chi connectivity index (χ3n) is 3.84. The lowest BCUT2D eigenvalue weighted by atomic mass is 9.94. The zero-order valence-electron chi connectivity index (χ0n) is 12.0. The van der Waals surface area contributed by atoms with Gasteiger partial charge in [0.25, 0.3) is 5.91 Å². The number of carbonyl (C=O) groups is 1. The summed E-state index contributed by atoms with van der Waals surface area (Å²) in [6, 6.07) is 4.99. The molecule has 110 valence electrons. The molecule has 0 radical (unpaired) electrons. The van der Waals surface area contributed by atoms with E-state index in [2.05, 4.69) is 5.32 Å². The summed E-state index contributed by atoms with van der Waals surface area (Å²) < 4.78 is 14.0. The van der Waals surface area contributed by atoms with Gasteiger partial charge in [0.1, 0.15) is 5.67 Å². The van der Waals surface area contributed by atoms with Gasteiger partial charge in [-0.3, -0.25) is 4.79 Å². The molecule has 1 fully saturated rings. The van der Waals surface area contributed by atoms with Crippen molar-refractivity contribution in [2.75, 3.05) is 0 Å². The Bertz CT molecular complexity index is 490. The fourth-order valence-electron chi connectivity index (χ4n) is 2.58. The summed E-state index contributed by atoms with van der Waals surface area (Å²) in [4.78, 5) is 12.3. The van der Waals surface area contributed by atoms with Gasteiger partial charge in [0.05, 0.1) is 10.6 Å². The van der Waals surface area contributed by atoms with Crippen LogP contribution in [0.25, 0.3) is 0 Å². The summed E-state index contributed by atoms with van der Waals surface area (Å²) in [7, 11) is 0. The summed E-state index contributed by atoms with van der Waals surface area (Å²) in [5.74, 6) is -0.201. The first-order valence-corrected chi connectivity index (χ1v) is 7.55. The van der Waals surface area contributed by atoms with Crippen molar-refractivity contribution >= 4 is 17.5 Å². The van der Waals surface area contributed by atoms with Crippen LogP contribution in [0.15, 0.2) is 18.2 Å². The molecule has 1 aromatic carbocycles. The Morgan fingerprint density at radius 1 is 1.30 bits per heavy atom. The van der Waals surface area contributed by atoms with Crippen molar-refractivity contribution in [2.45, 2.75) is 57.7 Å². The summed E-state index contributed by atoms with van der Waals surface area (Å²) in [6.07, 6.45) is 5.56. The molecule has 0 bridgehead atoms. The van der Waals surface area contributed by atoms with Crippen molar-refractivity contribution in [1.82, 2.24) is 5.32 Å². The average molecular weight is 298 g/mol. The SMILES string of the molecule is CC(C)(F)c1ccc(Cl)c(C(=O)NC2CCCCC2)c1. The molecule has 0 aliphatic heterocycles. The highest BCUT2D eigenvalue weighted by molar-refractivity contribution is 6.33. The predicted octanol–water partition coefficient (Wildman–Crippen LogP) is 4.61. The zero-order valence-corrected chi connectivity index (χ0v) is 12.8. The average Bonchev–Trinajstić information content (AvgIpc) is 2.39. The van der Waals surface area contributed by atoms with E-state index in [4.69, 9.17) is 11.6 Å². The van der Waals surface area contributed by atoms with Gasteiger partial charge in [0, 0.05) is 6.04 Å². The van der Waals surface area contributed by atoms with Crippen molar-refractivity contribution < 1.29 is 9.18 Å². The normalized spacial score (nSPS) is 17.0. The van der Waals surface area contributed by atoms with Crippen LogP contribution in [0.4, 0.5) is 4.39 Å². The van der Waals surface area contributed by atoms with Crippen LogP contribution in [0, 0.1) is 0 Å². The van der Waals surface area contributed by atoms with Crippen molar-refractivity contribution in [3.8, 4) is 0 Å². The molecule has 1 N–H and O–H groups in total. The van der Waals surface area contributed by atoms with Gasteiger partial charge in [-0.2, -0.15) is 0 Å². The third kappa shape index (κ3) is 3.72. The van der Waals surface area contributed by atoms with Crippen LogP contribution in [0.5, 0.6) is 0 Å². The molecular weight excluding hydrogens is 277 g/mol. The first-order chi connectivity index (χ1) is 9.38. The molecule has 0 saturated heterocycles. The van der Waals surface area contributed by atoms with Crippen molar-refractivity contribution in [3.63, 3.8) is 0 Å². The van der Waals surface area contributed by atoms with Gasteiger partial charge >= 0.3 is 0 Å². The molecule has 2 rings (SSSR count). The third-order valence-corrected chi connectivity index (χ3v) is 4.17. The van der Waals surface area contributed by atoms with Gasteiger partial charge in [-0.15, -0.1) is 0 Å². The lowest BCUT2D eigenvalue weighted by molar-refractivity contribution is 0.0927. The number of hydrogen-bond donors (Lipinski definition) is 1. The van der Waals surface area contributed by atoms with Crippen LogP contribution >= 0.6 is 11.6 Å². The number of carbonyl (C=O) groups excluding carboxylic acids is 1. The van der Waals surface area contributed by atoms with E-state index in [1.165, 1.54) is 20.3 Å². The number of halogens is 2. The van der Waals surface area contributed by atoms with Crippen molar-refractivity contribution in [3.05, 3.63) is 34.3 Å². The monoisotopic (exact) mass is 297 g/mol. The fourth-order valence-corrected chi connectivity index (χ4v) is 2.78. The first-order valence-electron chi connectivity index (χ1n) is 7.18. The Hall–Kier alpha value is -1.09. The lowest BCUT2D eigenvalue weighted by Crippen LogP contribution is -2.36. The highest BCUT2D eigenvalue weighted by atomic mass is 35.5. The second-order valence-electron chi connectivity index (χ2n) is 5.98. The van der Waals surface area contributed by atoms with Crippen molar-refractivity contribution in [1.29, 1.82) is 0 Å². The smallest absolute Gasteiger partial charge is 0.253 e. The van der Waals surface area contributed by atoms with E-state index < -0.39 is 5.67 Å². The van der Waals surface area contributed by atoms with E-state index in [-0.39, 0.29) is 11.9 Å². The van der Waals surface area contributed by atoms with Crippen LogP contribution < -0.4 is 5.32 Å². The van der Waals surface area contributed by atoms with Crippen LogP contribution in [0.1, 0.15) is 61.9 Å². The van der Waals surface area contributed by atoms with E-state index in [0.717, 1.165) is 25.7 Å². The molecule has 0 atom stereocenters. The maximum Gasteiger partial charge on any atom is 0.253 e. The predicted molar refractivity (Wildman–Crippen MR) is 79.9 cm³/mol. The first kappa shape index (κ1) is 15.3. The topological polar surface area (TPSA) is 29.1 Å². The van der Waals surface area contributed by atoms with Gasteiger partial charge in [0.2, 0.25) is 0 Å².